The lowest BCUT2D eigenvalue weighted by Crippen LogP contribution is -2.11. The Kier molecular flexibility index (Phi) is 3.40. The van der Waals surface area contributed by atoms with Gasteiger partial charge in [-0.15, -0.1) is 0 Å². The van der Waals surface area contributed by atoms with Crippen molar-refractivity contribution in [1.82, 2.24) is 0 Å². The molecule has 0 radical (unpaired) electrons. The number of hydrogen-bond acceptors (Lipinski definition) is 3. The number of halogens is 2. The van der Waals surface area contributed by atoms with Crippen LogP contribution in [0.15, 0.2) is 29.0 Å². The molecule has 2 rings (SSSR count). The van der Waals surface area contributed by atoms with E-state index in [4.69, 9.17) is 28.9 Å². The Balaban J connectivity index is 2.48. The van der Waals surface area contributed by atoms with Gasteiger partial charge in [-0.2, -0.15) is 11.3 Å². The average molecular weight is 274 g/mol. The largest absolute Gasteiger partial charge is 0.507 e. The van der Waals surface area contributed by atoms with Crippen LogP contribution < -0.4 is 5.73 Å². The van der Waals surface area contributed by atoms with Crippen molar-refractivity contribution in [3.63, 3.8) is 0 Å². The third-order valence-corrected chi connectivity index (χ3v) is 3.52. The molecule has 84 valence electrons. The van der Waals surface area contributed by atoms with Gasteiger partial charge in [-0.1, -0.05) is 23.2 Å². The monoisotopic (exact) mass is 273 g/mol. The van der Waals surface area contributed by atoms with Crippen LogP contribution in [0.25, 0.3) is 0 Å². The van der Waals surface area contributed by atoms with Crippen molar-refractivity contribution in [3.05, 3.63) is 50.1 Å². The van der Waals surface area contributed by atoms with Crippen molar-refractivity contribution in [3.8, 4) is 5.75 Å². The summed E-state index contributed by atoms with van der Waals surface area (Å²) in [6, 6.07) is 4.48. The summed E-state index contributed by atoms with van der Waals surface area (Å²) in [5.41, 5.74) is 7.46. The first-order valence-corrected chi connectivity index (χ1v) is 6.25. The molecule has 2 aromatic rings. The molecule has 1 heterocycles. The van der Waals surface area contributed by atoms with E-state index in [0.717, 1.165) is 5.56 Å². The standard InChI is InChI=1S/C11H9Cl2NOS/c12-7-3-8(13)10(9(15)4-7)11(14)6-1-2-16-5-6/h1-5,11,15H,14H2/t11-/m1/s1. The zero-order valence-corrected chi connectivity index (χ0v) is 10.5. The van der Waals surface area contributed by atoms with Crippen LogP contribution in [0, 0.1) is 0 Å². The Morgan fingerprint density at radius 3 is 2.62 bits per heavy atom. The normalized spacial score (nSPS) is 12.7. The Morgan fingerprint density at radius 2 is 2.06 bits per heavy atom. The third-order valence-electron chi connectivity index (χ3n) is 2.29. The SMILES string of the molecule is N[C@H](c1ccsc1)c1c(O)cc(Cl)cc1Cl. The second-order valence-electron chi connectivity index (χ2n) is 3.35. The van der Waals surface area contributed by atoms with Crippen molar-refractivity contribution in [2.24, 2.45) is 5.73 Å². The summed E-state index contributed by atoms with van der Waals surface area (Å²) < 4.78 is 0. The number of phenols is 1. The molecule has 0 aliphatic carbocycles. The van der Waals surface area contributed by atoms with Gasteiger partial charge in [-0.3, -0.25) is 0 Å². The maximum atomic E-state index is 9.80. The smallest absolute Gasteiger partial charge is 0.123 e. The first-order chi connectivity index (χ1) is 7.59. The highest BCUT2D eigenvalue weighted by Gasteiger charge is 2.17. The van der Waals surface area contributed by atoms with Crippen molar-refractivity contribution >= 4 is 34.5 Å². The molecule has 1 aromatic heterocycles. The molecule has 5 heteroatoms. The summed E-state index contributed by atoms with van der Waals surface area (Å²) in [7, 11) is 0. The molecule has 1 aromatic carbocycles. The van der Waals surface area contributed by atoms with E-state index in [9.17, 15) is 5.11 Å². The molecule has 0 amide bonds. The molecule has 0 aliphatic heterocycles. The van der Waals surface area contributed by atoms with Gasteiger partial charge in [0.2, 0.25) is 0 Å². The molecule has 0 fully saturated rings. The van der Waals surface area contributed by atoms with E-state index in [-0.39, 0.29) is 5.75 Å². The van der Waals surface area contributed by atoms with Crippen molar-refractivity contribution in [2.45, 2.75) is 6.04 Å². The van der Waals surface area contributed by atoms with E-state index < -0.39 is 6.04 Å². The molecule has 2 nitrogen and oxygen atoms in total. The van der Waals surface area contributed by atoms with E-state index in [2.05, 4.69) is 0 Å². The topological polar surface area (TPSA) is 46.2 Å². The van der Waals surface area contributed by atoms with E-state index in [1.165, 1.54) is 6.07 Å². The van der Waals surface area contributed by atoms with Crippen LogP contribution >= 0.6 is 34.5 Å². The van der Waals surface area contributed by atoms with E-state index in [1.54, 1.807) is 17.4 Å². The summed E-state index contributed by atoms with van der Waals surface area (Å²) in [6.07, 6.45) is 0. The lowest BCUT2D eigenvalue weighted by atomic mass is 10.0. The van der Waals surface area contributed by atoms with Gasteiger partial charge in [-0.25, -0.2) is 0 Å². The lowest BCUT2D eigenvalue weighted by Gasteiger charge is -2.14. The van der Waals surface area contributed by atoms with Crippen LogP contribution in [0.5, 0.6) is 5.75 Å². The number of nitrogens with two attached hydrogens (primary N) is 1. The molecular formula is C11H9Cl2NOS. The van der Waals surface area contributed by atoms with Crippen molar-refractivity contribution < 1.29 is 5.11 Å². The third kappa shape index (κ3) is 2.18. The molecule has 3 N–H and O–H groups in total. The Labute approximate surface area is 107 Å². The zero-order valence-electron chi connectivity index (χ0n) is 8.15. The summed E-state index contributed by atoms with van der Waals surface area (Å²) in [4.78, 5) is 0. The van der Waals surface area contributed by atoms with E-state index >= 15 is 0 Å². The molecule has 0 saturated carbocycles. The van der Waals surface area contributed by atoms with Crippen molar-refractivity contribution in [1.29, 1.82) is 0 Å². The summed E-state index contributed by atoms with van der Waals surface area (Å²) in [5, 5.41) is 14.4. The number of aromatic hydroxyl groups is 1. The number of hydrogen-bond donors (Lipinski definition) is 2. The van der Waals surface area contributed by atoms with Crippen LogP contribution in [0.1, 0.15) is 17.2 Å². The van der Waals surface area contributed by atoms with Gasteiger partial charge in [0.25, 0.3) is 0 Å². The fourth-order valence-corrected chi connectivity index (χ4v) is 2.79. The summed E-state index contributed by atoms with van der Waals surface area (Å²) in [6.45, 7) is 0. The van der Waals surface area contributed by atoms with Gasteiger partial charge < -0.3 is 10.8 Å². The minimum Gasteiger partial charge on any atom is -0.507 e. The van der Waals surface area contributed by atoms with Gasteiger partial charge in [0, 0.05) is 10.6 Å². The number of phenolic OH excluding ortho intramolecular Hbond substituents is 1. The minimum absolute atomic E-state index is 0.0243. The molecule has 0 bridgehead atoms. The lowest BCUT2D eigenvalue weighted by molar-refractivity contribution is 0.465. The fraction of sp³-hybridized carbons (Fsp3) is 0.0909. The second kappa shape index (κ2) is 4.63. The fourth-order valence-electron chi connectivity index (χ4n) is 1.50. The highest BCUT2D eigenvalue weighted by atomic mass is 35.5. The van der Waals surface area contributed by atoms with Crippen LogP contribution in [-0.4, -0.2) is 5.11 Å². The van der Waals surface area contributed by atoms with Crippen LogP contribution in [0.2, 0.25) is 10.0 Å². The summed E-state index contributed by atoms with van der Waals surface area (Å²) >= 11 is 13.3. The molecule has 16 heavy (non-hydrogen) atoms. The maximum absolute atomic E-state index is 9.80. The Bertz CT molecular complexity index is 476. The summed E-state index contributed by atoms with van der Waals surface area (Å²) in [5.74, 6) is 0.0243. The zero-order chi connectivity index (χ0) is 11.7. The molecule has 0 aliphatic rings. The highest BCUT2D eigenvalue weighted by molar-refractivity contribution is 7.08. The second-order valence-corrected chi connectivity index (χ2v) is 4.98. The molecule has 0 unspecified atom stereocenters. The number of benzene rings is 1. The first kappa shape index (κ1) is 11.7. The highest BCUT2D eigenvalue weighted by Crippen LogP contribution is 2.36. The molecular weight excluding hydrogens is 265 g/mol. The van der Waals surface area contributed by atoms with Crippen molar-refractivity contribution in [2.75, 3.05) is 0 Å². The number of thiophene rings is 1. The van der Waals surface area contributed by atoms with Gasteiger partial charge in [0.1, 0.15) is 5.75 Å². The van der Waals surface area contributed by atoms with Crippen LogP contribution in [0.4, 0.5) is 0 Å². The predicted octanol–water partition coefficient (Wildman–Crippen LogP) is 3.81. The Morgan fingerprint density at radius 1 is 1.31 bits per heavy atom. The van der Waals surface area contributed by atoms with E-state index in [0.29, 0.717) is 15.6 Å². The minimum atomic E-state index is -0.434. The van der Waals surface area contributed by atoms with Gasteiger partial charge >= 0.3 is 0 Å². The Hall–Kier alpha value is -0.740. The average Bonchev–Trinajstić information content (AvgIpc) is 2.67. The number of rotatable bonds is 2. The molecule has 0 spiro atoms. The predicted molar refractivity (Wildman–Crippen MR) is 68.5 cm³/mol. The first-order valence-electron chi connectivity index (χ1n) is 4.55. The molecule has 1 atom stereocenters. The maximum Gasteiger partial charge on any atom is 0.123 e. The van der Waals surface area contributed by atoms with Gasteiger partial charge in [-0.05, 0) is 34.5 Å². The molecule has 0 saturated heterocycles. The quantitative estimate of drug-likeness (QED) is 0.874. The van der Waals surface area contributed by atoms with Gasteiger partial charge in [0.05, 0.1) is 11.1 Å². The van der Waals surface area contributed by atoms with E-state index in [1.807, 2.05) is 16.8 Å². The van der Waals surface area contributed by atoms with Crippen LogP contribution in [0.3, 0.4) is 0 Å². The van der Waals surface area contributed by atoms with Crippen LogP contribution in [-0.2, 0) is 0 Å². The van der Waals surface area contributed by atoms with Gasteiger partial charge in [0.15, 0.2) is 0 Å².